The standard InChI is InChI=1S/C12H15F3N2O2/c1-8(16)9-4-2-3-5-10(9)19-6-11(18)17-7-12(13,14)15/h2-5,8H,6-7,16H2,1H3,(H,17,18). The third kappa shape index (κ3) is 5.60. The second-order valence-corrected chi connectivity index (χ2v) is 4.01. The quantitative estimate of drug-likeness (QED) is 0.861. The van der Waals surface area contributed by atoms with Gasteiger partial charge in [0, 0.05) is 11.6 Å². The average Bonchev–Trinajstić information content (AvgIpc) is 2.33. The highest BCUT2D eigenvalue weighted by Gasteiger charge is 2.27. The number of benzene rings is 1. The van der Waals surface area contributed by atoms with Gasteiger partial charge in [-0.2, -0.15) is 13.2 Å². The molecule has 0 saturated carbocycles. The van der Waals surface area contributed by atoms with Crippen molar-refractivity contribution in [1.82, 2.24) is 5.32 Å². The van der Waals surface area contributed by atoms with Crippen molar-refractivity contribution in [2.45, 2.75) is 19.1 Å². The lowest BCUT2D eigenvalue weighted by Crippen LogP contribution is -2.36. The van der Waals surface area contributed by atoms with Crippen LogP contribution in [0.4, 0.5) is 13.2 Å². The molecule has 0 spiro atoms. The van der Waals surface area contributed by atoms with E-state index in [1.54, 1.807) is 36.5 Å². The molecule has 1 aromatic rings. The highest BCUT2D eigenvalue weighted by molar-refractivity contribution is 5.77. The second kappa shape index (κ2) is 6.42. The van der Waals surface area contributed by atoms with Gasteiger partial charge >= 0.3 is 6.18 Å². The number of carbonyl (C=O) groups is 1. The molecule has 0 saturated heterocycles. The Bertz CT molecular complexity index is 433. The summed E-state index contributed by atoms with van der Waals surface area (Å²) in [6, 6.07) is 6.49. The summed E-state index contributed by atoms with van der Waals surface area (Å²) in [6.07, 6.45) is -4.43. The molecular weight excluding hydrogens is 261 g/mol. The Hall–Kier alpha value is -1.76. The molecule has 0 heterocycles. The van der Waals surface area contributed by atoms with Crippen molar-refractivity contribution in [1.29, 1.82) is 0 Å². The van der Waals surface area contributed by atoms with Gasteiger partial charge in [-0.1, -0.05) is 18.2 Å². The molecule has 0 radical (unpaired) electrons. The molecule has 1 aromatic carbocycles. The number of amides is 1. The van der Waals surface area contributed by atoms with Gasteiger partial charge in [0.15, 0.2) is 6.61 Å². The SMILES string of the molecule is CC(N)c1ccccc1OCC(=O)NCC(F)(F)F. The van der Waals surface area contributed by atoms with Gasteiger partial charge in [0.1, 0.15) is 12.3 Å². The van der Waals surface area contributed by atoms with Crippen molar-refractivity contribution >= 4 is 5.91 Å². The highest BCUT2D eigenvalue weighted by atomic mass is 19.4. The van der Waals surface area contributed by atoms with Crippen LogP contribution < -0.4 is 15.8 Å². The van der Waals surface area contributed by atoms with E-state index in [1.165, 1.54) is 0 Å². The van der Waals surface area contributed by atoms with Crippen molar-refractivity contribution in [2.75, 3.05) is 13.2 Å². The molecule has 7 heteroatoms. The largest absolute Gasteiger partial charge is 0.483 e. The maximum Gasteiger partial charge on any atom is 0.405 e. The highest BCUT2D eigenvalue weighted by Crippen LogP contribution is 2.22. The molecule has 3 N–H and O–H groups in total. The van der Waals surface area contributed by atoms with Gasteiger partial charge in [-0.05, 0) is 13.0 Å². The van der Waals surface area contributed by atoms with Gasteiger partial charge in [-0.3, -0.25) is 4.79 Å². The Morgan fingerprint density at radius 1 is 1.42 bits per heavy atom. The molecule has 1 unspecified atom stereocenters. The normalized spacial score (nSPS) is 12.9. The molecule has 0 aromatic heterocycles. The molecular formula is C12H15F3N2O2. The van der Waals surface area contributed by atoms with Gasteiger partial charge in [0.25, 0.3) is 5.91 Å². The number of hydrogen-bond acceptors (Lipinski definition) is 3. The number of nitrogens with two attached hydrogens (primary N) is 1. The Morgan fingerprint density at radius 2 is 2.05 bits per heavy atom. The van der Waals surface area contributed by atoms with E-state index in [0.717, 1.165) is 0 Å². The molecule has 19 heavy (non-hydrogen) atoms. The third-order valence-electron chi connectivity index (χ3n) is 2.25. The smallest absolute Gasteiger partial charge is 0.405 e. The third-order valence-corrected chi connectivity index (χ3v) is 2.25. The van der Waals surface area contributed by atoms with Crippen molar-refractivity contribution in [3.05, 3.63) is 29.8 Å². The monoisotopic (exact) mass is 276 g/mol. The lowest BCUT2D eigenvalue weighted by molar-refractivity contribution is -0.139. The number of ether oxygens (including phenoxy) is 1. The topological polar surface area (TPSA) is 64.3 Å². The lowest BCUT2D eigenvalue weighted by Gasteiger charge is -2.14. The summed E-state index contributed by atoms with van der Waals surface area (Å²) in [5, 5.41) is 1.72. The van der Waals surface area contributed by atoms with E-state index >= 15 is 0 Å². The van der Waals surface area contributed by atoms with Crippen LogP contribution in [-0.2, 0) is 4.79 Å². The first-order valence-corrected chi connectivity index (χ1v) is 5.60. The fourth-order valence-corrected chi connectivity index (χ4v) is 1.38. The Balaban J connectivity index is 2.51. The molecule has 0 aliphatic carbocycles. The zero-order valence-corrected chi connectivity index (χ0v) is 10.3. The van der Waals surface area contributed by atoms with E-state index in [4.69, 9.17) is 10.5 Å². The summed E-state index contributed by atoms with van der Waals surface area (Å²) in [6.45, 7) is -0.115. The second-order valence-electron chi connectivity index (χ2n) is 4.01. The van der Waals surface area contributed by atoms with Crippen LogP contribution in [0.15, 0.2) is 24.3 Å². The van der Waals surface area contributed by atoms with Gasteiger partial charge in [0.05, 0.1) is 0 Å². The van der Waals surface area contributed by atoms with E-state index in [1.807, 2.05) is 0 Å². The van der Waals surface area contributed by atoms with Crippen LogP contribution in [0.1, 0.15) is 18.5 Å². The van der Waals surface area contributed by atoms with Crippen LogP contribution in [-0.4, -0.2) is 25.2 Å². The molecule has 106 valence electrons. The first-order valence-electron chi connectivity index (χ1n) is 5.60. The molecule has 0 aliphatic rings. The maximum atomic E-state index is 11.9. The number of alkyl halides is 3. The number of rotatable bonds is 5. The number of halogens is 3. The summed E-state index contributed by atoms with van der Waals surface area (Å²) in [5.74, 6) is -0.448. The Kier molecular flexibility index (Phi) is 5.17. The minimum atomic E-state index is -4.43. The van der Waals surface area contributed by atoms with Crippen molar-refractivity contribution < 1.29 is 22.7 Å². The summed E-state index contributed by atoms with van der Waals surface area (Å²) in [4.78, 5) is 11.2. The fourth-order valence-electron chi connectivity index (χ4n) is 1.38. The summed E-state index contributed by atoms with van der Waals surface area (Å²) in [5.41, 5.74) is 6.39. The molecule has 0 bridgehead atoms. The van der Waals surface area contributed by atoms with Crippen LogP contribution in [0.2, 0.25) is 0 Å². The lowest BCUT2D eigenvalue weighted by atomic mass is 10.1. The predicted molar refractivity (Wildman–Crippen MR) is 63.6 cm³/mol. The minimum Gasteiger partial charge on any atom is -0.483 e. The predicted octanol–water partition coefficient (Wildman–Crippen LogP) is 1.76. The van der Waals surface area contributed by atoms with Crippen LogP contribution in [0.5, 0.6) is 5.75 Å². The molecule has 4 nitrogen and oxygen atoms in total. The van der Waals surface area contributed by atoms with Gasteiger partial charge in [-0.15, -0.1) is 0 Å². The number of hydrogen-bond donors (Lipinski definition) is 2. The molecule has 0 fully saturated rings. The minimum absolute atomic E-state index is 0.297. The Morgan fingerprint density at radius 3 is 2.63 bits per heavy atom. The van der Waals surface area contributed by atoms with E-state index in [-0.39, 0.29) is 6.04 Å². The van der Waals surface area contributed by atoms with Gasteiger partial charge in [0.2, 0.25) is 0 Å². The fraction of sp³-hybridized carbons (Fsp3) is 0.417. The van der Waals surface area contributed by atoms with Gasteiger partial charge < -0.3 is 15.8 Å². The maximum absolute atomic E-state index is 11.9. The molecule has 1 atom stereocenters. The zero-order chi connectivity index (χ0) is 14.5. The van der Waals surface area contributed by atoms with E-state index in [0.29, 0.717) is 11.3 Å². The van der Waals surface area contributed by atoms with Crippen LogP contribution in [0.25, 0.3) is 0 Å². The number of para-hydroxylation sites is 1. The first kappa shape index (κ1) is 15.3. The van der Waals surface area contributed by atoms with E-state index < -0.39 is 25.2 Å². The van der Waals surface area contributed by atoms with Gasteiger partial charge in [-0.25, -0.2) is 0 Å². The van der Waals surface area contributed by atoms with Crippen LogP contribution in [0.3, 0.4) is 0 Å². The van der Waals surface area contributed by atoms with Crippen molar-refractivity contribution in [3.63, 3.8) is 0 Å². The number of carbonyl (C=O) groups excluding carboxylic acids is 1. The summed E-state index contributed by atoms with van der Waals surface area (Å²) >= 11 is 0. The van der Waals surface area contributed by atoms with Crippen LogP contribution in [0, 0.1) is 0 Å². The van der Waals surface area contributed by atoms with Crippen molar-refractivity contribution in [3.8, 4) is 5.75 Å². The number of nitrogens with one attached hydrogen (secondary N) is 1. The molecule has 1 amide bonds. The first-order chi connectivity index (χ1) is 8.79. The zero-order valence-electron chi connectivity index (χ0n) is 10.3. The average molecular weight is 276 g/mol. The van der Waals surface area contributed by atoms with E-state index in [9.17, 15) is 18.0 Å². The van der Waals surface area contributed by atoms with E-state index in [2.05, 4.69) is 0 Å². The summed E-state index contributed by atoms with van der Waals surface area (Å²) in [7, 11) is 0. The van der Waals surface area contributed by atoms with Crippen LogP contribution >= 0.6 is 0 Å². The molecule has 0 aliphatic heterocycles. The van der Waals surface area contributed by atoms with Crippen molar-refractivity contribution in [2.24, 2.45) is 5.73 Å². The molecule has 1 rings (SSSR count). The Labute approximate surface area is 108 Å². The summed E-state index contributed by atoms with van der Waals surface area (Å²) < 4.78 is 40.8.